The highest BCUT2D eigenvalue weighted by Crippen LogP contribution is 2.36. The minimum Gasteiger partial charge on any atom is -0.334 e. The molecule has 0 saturated heterocycles. The fourth-order valence-electron chi connectivity index (χ4n) is 2.85. The summed E-state index contributed by atoms with van der Waals surface area (Å²) in [5, 5.41) is 14.9. The summed E-state index contributed by atoms with van der Waals surface area (Å²) in [5.74, 6) is 0.428. The lowest BCUT2D eigenvalue weighted by atomic mass is 10.1. The first-order valence-corrected chi connectivity index (χ1v) is 8.67. The summed E-state index contributed by atoms with van der Waals surface area (Å²) in [7, 11) is 0. The molecule has 1 N–H and O–H groups in total. The topological polar surface area (TPSA) is 84.2 Å². The van der Waals surface area contributed by atoms with Crippen molar-refractivity contribution in [2.45, 2.75) is 20.8 Å². The highest BCUT2D eigenvalue weighted by atomic mass is 16.6. The Morgan fingerprint density at radius 3 is 2.44 bits per heavy atom. The second-order valence-corrected chi connectivity index (χ2v) is 6.16. The average Bonchev–Trinajstić information content (AvgIpc) is 2.66. The van der Waals surface area contributed by atoms with E-state index < -0.39 is 4.92 Å². The maximum atomic E-state index is 11.9. The molecule has 0 saturated carbocycles. The average molecular weight is 363 g/mol. The molecule has 1 heterocycles. The van der Waals surface area contributed by atoms with Crippen molar-refractivity contribution in [1.82, 2.24) is 9.97 Å². The molecular weight excluding hydrogens is 342 g/mol. The number of para-hydroxylation sites is 1. The van der Waals surface area contributed by atoms with E-state index in [1.807, 2.05) is 69.3 Å². The molecular formula is C20H21N5O2. The van der Waals surface area contributed by atoms with Gasteiger partial charge in [-0.2, -0.15) is 0 Å². The van der Waals surface area contributed by atoms with Gasteiger partial charge in [-0.25, -0.2) is 9.97 Å². The third kappa shape index (κ3) is 3.87. The van der Waals surface area contributed by atoms with Crippen LogP contribution in [0.5, 0.6) is 0 Å². The van der Waals surface area contributed by atoms with Crippen molar-refractivity contribution in [1.29, 1.82) is 0 Å². The summed E-state index contributed by atoms with van der Waals surface area (Å²) < 4.78 is 0. The van der Waals surface area contributed by atoms with E-state index in [2.05, 4.69) is 15.3 Å². The molecule has 27 heavy (non-hydrogen) atoms. The van der Waals surface area contributed by atoms with Gasteiger partial charge >= 0.3 is 5.69 Å². The van der Waals surface area contributed by atoms with E-state index in [0.29, 0.717) is 6.54 Å². The molecule has 0 aliphatic rings. The van der Waals surface area contributed by atoms with E-state index in [1.54, 1.807) is 4.90 Å². The summed E-state index contributed by atoms with van der Waals surface area (Å²) in [4.78, 5) is 21.6. The largest absolute Gasteiger partial charge is 0.354 e. The van der Waals surface area contributed by atoms with E-state index in [1.165, 1.54) is 6.33 Å². The highest BCUT2D eigenvalue weighted by molar-refractivity contribution is 5.78. The molecule has 3 rings (SSSR count). The number of benzene rings is 2. The lowest BCUT2D eigenvalue weighted by molar-refractivity contribution is -0.383. The maximum Gasteiger partial charge on any atom is 0.354 e. The van der Waals surface area contributed by atoms with Crippen molar-refractivity contribution in [3.05, 3.63) is 76.1 Å². The maximum absolute atomic E-state index is 11.9. The third-order valence-electron chi connectivity index (χ3n) is 4.39. The van der Waals surface area contributed by atoms with Crippen molar-refractivity contribution in [3.63, 3.8) is 0 Å². The van der Waals surface area contributed by atoms with Crippen LogP contribution in [-0.2, 0) is 0 Å². The van der Waals surface area contributed by atoms with E-state index >= 15 is 0 Å². The van der Waals surface area contributed by atoms with Crippen molar-refractivity contribution in [2.75, 3.05) is 16.8 Å². The van der Waals surface area contributed by atoms with Gasteiger partial charge in [0.25, 0.3) is 0 Å². The fourth-order valence-corrected chi connectivity index (χ4v) is 2.85. The summed E-state index contributed by atoms with van der Waals surface area (Å²) >= 11 is 0. The van der Waals surface area contributed by atoms with Crippen LogP contribution in [0.25, 0.3) is 0 Å². The van der Waals surface area contributed by atoms with Gasteiger partial charge in [0.15, 0.2) is 0 Å². The Balaban J connectivity index is 2.07. The van der Waals surface area contributed by atoms with E-state index in [4.69, 9.17) is 0 Å². The quantitative estimate of drug-likeness (QED) is 0.495. The Hall–Kier alpha value is -3.48. The van der Waals surface area contributed by atoms with Crippen LogP contribution in [0.4, 0.5) is 28.7 Å². The van der Waals surface area contributed by atoms with Crippen LogP contribution < -0.4 is 10.2 Å². The van der Waals surface area contributed by atoms with E-state index in [-0.39, 0.29) is 17.3 Å². The van der Waals surface area contributed by atoms with Crippen LogP contribution in [0.1, 0.15) is 18.1 Å². The number of aromatic nitrogens is 2. The SMILES string of the molecule is CCN(c1ccccc1)c1ncnc(Nc2ccc(C)c(C)c2)c1[N+](=O)[O-]. The molecule has 0 radical (unpaired) electrons. The molecule has 0 atom stereocenters. The summed E-state index contributed by atoms with van der Waals surface area (Å²) in [6.07, 6.45) is 1.34. The standard InChI is InChI=1S/C20H21N5O2/c1-4-24(17-8-6-5-7-9-17)20-18(25(26)27)19(21-13-22-20)23-16-11-10-14(2)15(3)12-16/h5-13H,4H2,1-3H3,(H,21,22,23). The van der Waals surface area contributed by atoms with Gasteiger partial charge in [-0.3, -0.25) is 10.1 Å². The van der Waals surface area contributed by atoms with Gasteiger partial charge in [0.05, 0.1) is 4.92 Å². The molecule has 0 aliphatic heterocycles. The smallest absolute Gasteiger partial charge is 0.334 e. The normalized spacial score (nSPS) is 10.5. The Bertz CT molecular complexity index is 960. The van der Waals surface area contributed by atoms with Gasteiger partial charge in [-0.1, -0.05) is 24.3 Å². The Morgan fingerprint density at radius 1 is 1.07 bits per heavy atom. The van der Waals surface area contributed by atoms with Crippen LogP contribution in [-0.4, -0.2) is 21.4 Å². The number of rotatable bonds is 6. The second-order valence-electron chi connectivity index (χ2n) is 6.16. The monoisotopic (exact) mass is 363 g/mol. The van der Waals surface area contributed by atoms with Gasteiger partial charge < -0.3 is 10.2 Å². The Morgan fingerprint density at radius 2 is 1.81 bits per heavy atom. The van der Waals surface area contributed by atoms with Crippen LogP contribution in [0, 0.1) is 24.0 Å². The fraction of sp³-hybridized carbons (Fsp3) is 0.200. The predicted octanol–water partition coefficient (Wildman–Crippen LogP) is 4.90. The summed E-state index contributed by atoms with van der Waals surface area (Å²) in [6.45, 7) is 6.47. The molecule has 0 spiro atoms. The molecule has 3 aromatic rings. The lowest BCUT2D eigenvalue weighted by Gasteiger charge is -2.22. The molecule has 7 nitrogen and oxygen atoms in total. The number of anilines is 4. The first-order chi connectivity index (χ1) is 13.0. The van der Waals surface area contributed by atoms with Crippen molar-refractivity contribution in [2.24, 2.45) is 0 Å². The number of hydrogen-bond donors (Lipinski definition) is 1. The minimum absolute atomic E-state index is 0.151. The van der Waals surface area contributed by atoms with Crippen LogP contribution in [0.15, 0.2) is 54.9 Å². The van der Waals surface area contributed by atoms with E-state index in [0.717, 1.165) is 22.5 Å². The predicted molar refractivity (Wildman–Crippen MR) is 107 cm³/mol. The number of aryl methyl sites for hydroxylation is 2. The van der Waals surface area contributed by atoms with Crippen LogP contribution in [0.3, 0.4) is 0 Å². The van der Waals surface area contributed by atoms with Crippen LogP contribution in [0.2, 0.25) is 0 Å². The Labute approximate surface area is 157 Å². The molecule has 7 heteroatoms. The second kappa shape index (κ2) is 7.82. The van der Waals surface area contributed by atoms with Gasteiger partial charge in [0.2, 0.25) is 11.6 Å². The number of nitro groups is 1. The van der Waals surface area contributed by atoms with Gasteiger partial charge in [0, 0.05) is 17.9 Å². The molecule has 0 aliphatic carbocycles. The number of nitrogens with zero attached hydrogens (tertiary/aromatic N) is 4. The van der Waals surface area contributed by atoms with Crippen molar-refractivity contribution in [3.8, 4) is 0 Å². The lowest BCUT2D eigenvalue weighted by Crippen LogP contribution is -2.19. The number of hydrogen-bond acceptors (Lipinski definition) is 6. The molecule has 2 aromatic carbocycles. The van der Waals surface area contributed by atoms with Gasteiger partial charge in [-0.15, -0.1) is 0 Å². The Kier molecular flexibility index (Phi) is 5.30. The minimum atomic E-state index is -0.440. The summed E-state index contributed by atoms with van der Waals surface area (Å²) in [5.41, 5.74) is 3.67. The molecule has 138 valence electrons. The van der Waals surface area contributed by atoms with Crippen LogP contribution >= 0.6 is 0 Å². The zero-order valence-electron chi connectivity index (χ0n) is 15.5. The first kappa shape index (κ1) is 18.3. The molecule has 0 amide bonds. The highest BCUT2D eigenvalue weighted by Gasteiger charge is 2.27. The first-order valence-electron chi connectivity index (χ1n) is 8.67. The van der Waals surface area contributed by atoms with Gasteiger partial charge in [0.1, 0.15) is 6.33 Å². The molecule has 0 unspecified atom stereocenters. The molecule has 0 fully saturated rings. The van der Waals surface area contributed by atoms with E-state index in [9.17, 15) is 10.1 Å². The molecule has 0 bridgehead atoms. The van der Waals surface area contributed by atoms with Crippen molar-refractivity contribution >= 4 is 28.7 Å². The van der Waals surface area contributed by atoms with Crippen molar-refractivity contribution < 1.29 is 4.92 Å². The summed E-state index contributed by atoms with van der Waals surface area (Å²) in [6, 6.07) is 15.3. The zero-order valence-corrected chi connectivity index (χ0v) is 15.5. The number of nitrogens with one attached hydrogen (secondary N) is 1. The molecule has 1 aromatic heterocycles. The zero-order chi connectivity index (χ0) is 19.4. The third-order valence-corrected chi connectivity index (χ3v) is 4.39. The van der Waals surface area contributed by atoms with Gasteiger partial charge in [-0.05, 0) is 56.2 Å².